The zero-order chi connectivity index (χ0) is 15.4. The van der Waals surface area contributed by atoms with E-state index < -0.39 is 0 Å². The number of carbonyl (C=O) groups excluding carboxylic acids is 1. The van der Waals surface area contributed by atoms with Crippen LogP contribution >= 0.6 is 11.8 Å². The predicted molar refractivity (Wildman–Crippen MR) is 89.1 cm³/mol. The van der Waals surface area contributed by atoms with E-state index in [1.165, 1.54) is 4.90 Å². The molecule has 120 valence electrons. The summed E-state index contributed by atoms with van der Waals surface area (Å²) >= 11 is 1.89. The number of rotatable bonds is 4. The van der Waals surface area contributed by atoms with Gasteiger partial charge in [0.2, 0.25) is 5.91 Å². The highest BCUT2D eigenvalue weighted by molar-refractivity contribution is 7.99. The maximum atomic E-state index is 12.6. The summed E-state index contributed by atoms with van der Waals surface area (Å²) in [6.07, 6.45) is 1.08. The number of thioether (sulfide) groups is 1. The molecule has 1 unspecified atom stereocenters. The van der Waals surface area contributed by atoms with Gasteiger partial charge in [-0.25, -0.2) is 0 Å². The molecule has 5 heteroatoms. The summed E-state index contributed by atoms with van der Waals surface area (Å²) in [6, 6.07) is 10.3. The minimum Gasteiger partial charge on any atom is -0.375 e. The lowest BCUT2D eigenvalue weighted by Crippen LogP contribution is -2.56. The molecule has 2 saturated heterocycles. The molecule has 2 aliphatic rings. The first kappa shape index (κ1) is 15.8. The number of hydrogen-bond acceptors (Lipinski definition) is 4. The van der Waals surface area contributed by atoms with Gasteiger partial charge in [0.15, 0.2) is 0 Å². The van der Waals surface area contributed by atoms with Crippen LogP contribution in [0.3, 0.4) is 0 Å². The Labute approximate surface area is 136 Å². The Bertz CT molecular complexity index is 497. The molecule has 1 aromatic rings. The van der Waals surface area contributed by atoms with Gasteiger partial charge in [-0.3, -0.25) is 4.79 Å². The van der Waals surface area contributed by atoms with E-state index in [1.54, 1.807) is 0 Å². The monoisotopic (exact) mass is 320 g/mol. The molecule has 1 amide bonds. The summed E-state index contributed by atoms with van der Waals surface area (Å²) in [5.74, 6) is 1.88. The highest BCUT2D eigenvalue weighted by Gasteiger charge is 2.35. The zero-order valence-electron chi connectivity index (χ0n) is 13.0. The summed E-state index contributed by atoms with van der Waals surface area (Å²) in [5, 5.41) is 3.30. The Kier molecular flexibility index (Phi) is 5.39. The van der Waals surface area contributed by atoms with Crippen molar-refractivity contribution in [3.63, 3.8) is 0 Å². The number of carbonyl (C=O) groups is 1. The van der Waals surface area contributed by atoms with Gasteiger partial charge in [0.25, 0.3) is 0 Å². The van der Waals surface area contributed by atoms with Gasteiger partial charge in [0, 0.05) is 30.3 Å². The fourth-order valence-corrected chi connectivity index (χ4v) is 4.16. The largest absolute Gasteiger partial charge is 0.375 e. The molecule has 0 saturated carbocycles. The number of benzene rings is 1. The number of hydrogen-bond donors (Lipinski definition) is 1. The quantitative estimate of drug-likeness (QED) is 0.862. The molecule has 1 aromatic carbocycles. The fourth-order valence-electron chi connectivity index (χ4n) is 3.11. The van der Waals surface area contributed by atoms with E-state index in [2.05, 4.69) is 29.6 Å². The van der Waals surface area contributed by atoms with Crippen LogP contribution in [0.5, 0.6) is 0 Å². The second-order valence-corrected chi connectivity index (χ2v) is 7.16. The second kappa shape index (κ2) is 7.49. The molecule has 0 aliphatic carbocycles. The van der Waals surface area contributed by atoms with Crippen molar-refractivity contribution in [1.82, 2.24) is 10.2 Å². The highest BCUT2D eigenvalue weighted by atomic mass is 32.2. The van der Waals surface area contributed by atoms with Gasteiger partial charge in [-0.2, -0.15) is 0 Å². The lowest BCUT2D eigenvalue weighted by Gasteiger charge is -2.32. The molecule has 2 heterocycles. The van der Waals surface area contributed by atoms with E-state index in [-0.39, 0.29) is 18.1 Å². The highest BCUT2D eigenvalue weighted by Crippen LogP contribution is 2.26. The zero-order valence-corrected chi connectivity index (χ0v) is 13.8. The second-order valence-electron chi connectivity index (χ2n) is 6.07. The SMILES string of the molecule is C[C@H]1OCCN[C@@H]1C(=O)N1CCC(CSc2ccccc2)C1. The lowest BCUT2D eigenvalue weighted by atomic mass is 10.1. The van der Waals surface area contributed by atoms with Gasteiger partial charge < -0.3 is 15.0 Å². The molecule has 0 spiro atoms. The number of ether oxygens (including phenoxy) is 1. The van der Waals surface area contributed by atoms with Crippen LogP contribution in [-0.4, -0.2) is 54.9 Å². The molecule has 22 heavy (non-hydrogen) atoms. The average Bonchev–Trinajstić information content (AvgIpc) is 3.03. The molecular formula is C17H24N2O2S. The van der Waals surface area contributed by atoms with Gasteiger partial charge in [-0.1, -0.05) is 18.2 Å². The fraction of sp³-hybridized carbons (Fsp3) is 0.588. The maximum absolute atomic E-state index is 12.6. The van der Waals surface area contributed by atoms with Crippen molar-refractivity contribution in [3.8, 4) is 0 Å². The number of nitrogens with zero attached hydrogens (tertiary/aromatic N) is 1. The van der Waals surface area contributed by atoms with Crippen LogP contribution < -0.4 is 5.32 Å². The third-order valence-corrected chi connectivity index (χ3v) is 5.65. The third-order valence-electron chi connectivity index (χ3n) is 4.41. The molecule has 3 atom stereocenters. The van der Waals surface area contributed by atoms with E-state index in [0.717, 1.165) is 31.8 Å². The van der Waals surface area contributed by atoms with Crippen LogP contribution in [0.2, 0.25) is 0 Å². The van der Waals surface area contributed by atoms with E-state index in [1.807, 2.05) is 29.7 Å². The lowest BCUT2D eigenvalue weighted by molar-refractivity contribution is -0.138. The maximum Gasteiger partial charge on any atom is 0.242 e. The van der Waals surface area contributed by atoms with Crippen LogP contribution in [-0.2, 0) is 9.53 Å². The van der Waals surface area contributed by atoms with Crippen molar-refractivity contribution >= 4 is 17.7 Å². The summed E-state index contributed by atoms with van der Waals surface area (Å²) in [7, 11) is 0. The first-order valence-corrected chi connectivity index (χ1v) is 9.04. The van der Waals surface area contributed by atoms with Gasteiger partial charge in [0.1, 0.15) is 6.04 Å². The normalized spacial score (nSPS) is 28.8. The molecule has 2 aliphatic heterocycles. The standard InChI is InChI=1S/C17H24N2O2S/c1-13-16(18-8-10-21-13)17(20)19-9-7-14(11-19)12-22-15-5-3-2-4-6-15/h2-6,13-14,16,18H,7-12H2,1H3/t13-,14?,16+/m1/s1. The topological polar surface area (TPSA) is 41.6 Å². The van der Waals surface area contributed by atoms with Crippen LogP contribution in [0.1, 0.15) is 13.3 Å². The van der Waals surface area contributed by atoms with E-state index in [4.69, 9.17) is 4.74 Å². The molecule has 4 nitrogen and oxygen atoms in total. The van der Waals surface area contributed by atoms with Crippen LogP contribution in [0.25, 0.3) is 0 Å². The molecule has 0 bridgehead atoms. The summed E-state index contributed by atoms with van der Waals surface area (Å²) in [6.45, 7) is 5.20. The van der Waals surface area contributed by atoms with Crippen molar-refractivity contribution in [2.45, 2.75) is 30.4 Å². The van der Waals surface area contributed by atoms with Crippen molar-refractivity contribution < 1.29 is 9.53 Å². The predicted octanol–water partition coefficient (Wildman–Crippen LogP) is 2.00. The van der Waals surface area contributed by atoms with Crippen LogP contribution in [0.15, 0.2) is 35.2 Å². The van der Waals surface area contributed by atoms with E-state index in [0.29, 0.717) is 12.5 Å². The van der Waals surface area contributed by atoms with Gasteiger partial charge in [0.05, 0.1) is 12.7 Å². The van der Waals surface area contributed by atoms with Crippen molar-refractivity contribution in [3.05, 3.63) is 30.3 Å². The Hall–Kier alpha value is -1.04. The number of nitrogens with one attached hydrogen (secondary N) is 1. The molecule has 2 fully saturated rings. The Morgan fingerprint density at radius 3 is 3.00 bits per heavy atom. The molecular weight excluding hydrogens is 296 g/mol. The van der Waals surface area contributed by atoms with E-state index >= 15 is 0 Å². The van der Waals surface area contributed by atoms with E-state index in [9.17, 15) is 4.79 Å². The summed E-state index contributed by atoms with van der Waals surface area (Å²) < 4.78 is 5.59. The third kappa shape index (κ3) is 3.83. The first-order chi connectivity index (χ1) is 10.7. The van der Waals surface area contributed by atoms with Gasteiger partial charge in [-0.05, 0) is 31.4 Å². The minimum atomic E-state index is -0.172. The van der Waals surface area contributed by atoms with Crippen molar-refractivity contribution in [1.29, 1.82) is 0 Å². The number of likely N-dealkylation sites (tertiary alicyclic amines) is 1. The molecule has 1 N–H and O–H groups in total. The van der Waals surface area contributed by atoms with Crippen molar-refractivity contribution in [2.24, 2.45) is 5.92 Å². The van der Waals surface area contributed by atoms with Crippen LogP contribution in [0.4, 0.5) is 0 Å². The summed E-state index contributed by atoms with van der Waals surface area (Å²) in [4.78, 5) is 15.9. The van der Waals surface area contributed by atoms with Gasteiger partial charge >= 0.3 is 0 Å². The smallest absolute Gasteiger partial charge is 0.242 e. The Morgan fingerprint density at radius 2 is 2.23 bits per heavy atom. The molecule has 3 rings (SSSR count). The van der Waals surface area contributed by atoms with Crippen LogP contribution in [0, 0.1) is 5.92 Å². The molecule has 0 radical (unpaired) electrons. The average molecular weight is 320 g/mol. The molecule has 0 aromatic heterocycles. The Morgan fingerprint density at radius 1 is 1.41 bits per heavy atom. The first-order valence-electron chi connectivity index (χ1n) is 8.05. The number of amides is 1. The summed E-state index contributed by atoms with van der Waals surface area (Å²) in [5.41, 5.74) is 0. The van der Waals surface area contributed by atoms with Crippen molar-refractivity contribution in [2.75, 3.05) is 32.0 Å². The minimum absolute atomic E-state index is 0.0287. The Balaban J connectivity index is 1.48. The number of morpholine rings is 1. The van der Waals surface area contributed by atoms with Gasteiger partial charge in [-0.15, -0.1) is 11.8 Å².